The number of aromatic nitrogens is 4. The molecule has 0 spiro atoms. The van der Waals surface area contributed by atoms with E-state index in [2.05, 4.69) is 4.98 Å². The molecule has 2 aromatic rings. The van der Waals surface area contributed by atoms with Crippen molar-refractivity contribution in [2.24, 2.45) is 14.0 Å². The van der Waals surface area contributed by atoms with Crippen LogP contribution in [0.3, 0.4) is 0 Å². The van der Waals surface area contributed by atoms with Crippen LogP contribution in [0.2, 0.25) is 0 Å². The topological polar surface area (TPSA) is 82.0 Å². The van der Waals surface area contributed by atoms with Crippen molar-refractivity contribution in [3.8, 4) is 0 Å². The normalized spacial score (nSPS) is 17.4. The lowest BCUT2D eigenvalue weighted by atomic mass is 10.2. The Bertz CT molecular complexity index is 865. The summed E-state index contributed by atoms with van der Waals surface area (Å²) in [5.74, 6) is 0. The Balaban J connectivity index is 2.61. The fourth-order valence-electron chi connectivity index (χ4n) is 2.06. The summed E-state index contributed by atoms with van der Waals surface area (Å²) in [6.45, 7) is -2.83. The molecule has 1 atom stereocenters. The highest BCUT2D eigenvalue weighted by Crippen LogP contribution is 2.04. The molecule has 2 aromatic heterocycles. The standard InChI is InChI=1S/C13H20N4O3/c1-9(18)6-4-5-7-17-12(19)10-11(14-8-15(10)2)16(3)13(17)20/h8-9,18H,4-7H2,1-3H3/i2D3,3D2. The van der Waals surface area contributed by atoms with Crippen LogP contribution in [-0.4, -0.2) is 29.9 Å². The van der Waals surface area contributed by atoms with Gasteiger partial charge in [-0.1, -0.05) is 0 Å². The summed E-state index contributed by atoms with van der Waals surface area (Å²) in [5.41, 5.74) is -2.32. The first-order chi connectivity index (χ1) is 11.6. The third kappa shape index (κ3) is 2.53. The molecule has 1 unspecified atom stereocenters. The van der Waals surface area contributed by atoms with Crippen molar-refractivity contribution in [2.45, 2.75) is 38.8 Å². The number of aliphatic hydroxyl groups is 1. The molecule has 0 aliphatic heterocycles. The molecule has 110 valence electrons. The second kappa shape index (κ2) is 5.62. The minimum Gasteiger partial charge on any atom is -0.393 e. The van der Waals surface area contributed by atoms with Crippen LogP contribution in [0.1, 0.15) is 33.0 Å². The van der Waals surface area contributed by atoms with Crippen LogP contribution in [0.4, 0.5) is 0 Å². The third-order valence-corrected chi connectivity index (χ3v) is 3.11. The zero-order valence-electron chi connectivity index (χ0n) is 16.1. The Labute approximate surface area is 123 Å². The molecule has 0 aliphatic rings. The fraction of sp³-hybridized carbons (Fsp3) is 0.615. The van der Waals surface area contributed by atoms with Crippen molar-refractivity contribution in [2.75, 3.05) is 0 Å². The number of rotatable bonds is 5. The average molecular weight is 285 g/mol. The van der Waals surface area contributed by atoms with Gasteiger partial charge < -0.3 is 9.67 Å². The smallest absolute Gasteiger partial charge is 0.332 e. The maximum absolute atomic E-state index is 12.6. The maximum atomic E-state index is 12.6. The van der Waals surface area contributed by atoms with E-state index in [1.54, 1.807) is 6.92 Å². The van der Waals surface area contributed by atoms with Gasteiger partial charge in [0.1, 0.15) is 0 Å². The molecule has 0 radical (unpaired) electrons. The Kier molecular flexibility index (Phi) is 2.56. The molecular formula is C13H20N4O3. The Hall–Kier alpha value is -1.89. The number of fused-ring (bicyclic) bond motifs is 1. The van der Waals surface area contributed by atoms with Crippen LogP contribution in [0, 0.1) is 0 Å². The summed E-state index contributed by atoms with van der Waals surface area (Å²) >= 11 is 0. The van der Waals surface area contributed by atoms with Crippen molar-refractivity contribution in [1.82, 2.24) is 18.7 Å². The number of imidazole rings is 1. The van der Waals surface area contributed by atoms with Crippen LogP contribution >= 0.6 is 0 Å². The van der Waals surface area contributed by atoms with E-state index >= 15 is 0 Å². The van der Waals surface area contributed by atoms with Gasteiger partial charge in [0.05, 0.1) is 12.4 Å². The van der Waals surface area contributed by atoms with Gasteiger partial charge in [-0.2, -0.15) is 0 Å². The summed E-state index contributed by atoms with van der Waals surface area (Å²) in [4.78, 5) is 28.9. The zero-order valence-corrected chi connectivity index (χ0v) is 11.1. The molecule has 7 heteroatoms. The Morgan fingerprint density at radius 2 is 2.25 bits per heavy atom. The van der Waals surface area contributed by atoms with Crippen LogP contribution < -0.4 is 11.2 Å². The van der Waals surface area contributed by atoms with Crippen molar-refractivity contribution in [1.29, 1.82) is 0 Å². The summed E-state index contributed by atoms with van der Waals surface area (Å²) in [6, 6.07) is 0. The van der Waals surface area contributed by atoms with E-state index in [9.17, 15) is 14.7 Å². The lowest BCUT2D eigenvalue weighted by Crippen LogP contribution is -2.39. The molecule has 0 aliphatic carbocycles. The summed E-state index contributed by atoms with van der Waals surface area (Å²) in [7, 11) is 0. The van der Waals surface area contributed by atoms with Gasteiger partial charge in [0, 0.05) is 27.4 Å². The molecule has 7 nitrogen and oxygen atoms in total. The third-order valence-electron chi connectivity index (χ3n) is 3.11. The Morgan fingerprint density at radius 1 is 1.45 bits per heavy atom. The molecular weight excluding hydrogens is 260 g/mol. The summed E-state index contributed by atoms with van der Waals surface area (Å²) < 4.78 is 39.7. The van der Waals surface area contributed by atoms with Gasteiger partial charge in [-0.15, -0.1) is 0 Å². The van der Waals surface area contributed by atoms with E-state index in [1.165, 1.54) is 0 Å². The number of aryl methyl sites for hydroxylation is 2. The van der Waals surface area contributed by atoms with Gasteiger partial charge in [0.15, 0.2) is 11.2 Å². The molecule has 1 N–H and O–H groups in total. The lowest BCUT2D eigenvalue weighted by Gasteiger charge is -2.09. The highest BCUT2D eigenvalue weighted by atomic mass is 16.3. The van der Waals surface area contributed by atoms with Crippen LogP contribution in [0.5, 0.6) is 0 Å². The molecule has 0 amide bonds. The van der Waals surface area contributed by atoms with Gasteiger partial charge in [0.25, 0.3) is 5.56 Å². The number of hydrogen-bond donors (Lipinski definition) is 1. The Morgan fingerprint density at radius 3 is 2.90 bits per heavy atom. The van der Waals surface area contributed by atoms with Crippen molar-refractivity contribution < 1.29 is 12.0 Å². The second-order valence-electron chi connectivity index (χ2n) is 4.74. The fourth-order valence-corrected chi connectivity index (χ4v) is 2.06. The van der Waals surface area contributed by atoms with Gasteiger partial charge in [-0.25, -0.2) is 9.78 Å². The monoisotopic (exact) mass is 285 g/mol. The molecule has 2 rings (SSSR count). The molecule has 2 heterocycles. The molecule has 0 aromatic carbocycles. The van der Waals surface area contributed by atoms with Crippen LogP contribution in [-0.2, 0) is 20.5 Å². The number of unbranched alkanes of at least 4 members (excludes halogenated alkanes) is 1. The van der Waals surface area contributed by atoms with E-state index in [0.29, 0.717) is 28.4 Å². The molecule has 0 saturated carbocycles. The number of aliphatic hydroxyl groups excluding tert-OH is 1. The van der Waals surface area contributed by atoms with Crippen LogP contribution in [0.15, 0.2) is 15.9 Å². The lowest BCUT2D eigenvalue weighted by molar-refractivity contribution is 0.180. The van der Waals surface area contributed by atoms with Gasteiger partial charge in [0.2, 0.25) is 0 Å². The second-order valence-corrected chi connectivity index (χ2v) is 4.74. The zero-order chi connectivity index (χ0) is 18.9. The largest absolute Gasteiger partial charge is 0.393 e. The number of hydrogen-bond acceptors (Lipinski definition) is 4. The van der Waals surface area contributed by atoms with Gasteiger partial charge >= 0.3 is 5.69 Å². The summed E-state index contributed by atoms with van der Waals surface area (Å²) in [5, 5.41) is 9.26. The highest BCUT2D eigenvalue weighted by molar-refractivity contribution is 5.69. The van der Waals surface area contributed by atoms with E-state index < -0.39 is 31.3 Å². The van der Waals surface area contributed by atoms with Gasteiger partial charge in [-0.3, -0.25) is 13.9 Å². The van der Waals surface area contributed by atoms with E-state index in [0.717, 1.165) is 10.9 Å². The van der Waals surface area contributed by atoms with Crippen molar-refractivity contribution in [3.05, 3.63) is 27.2 Å². The van der Waals surface area contributed by atoms with Crippen molar-refractivity contribution in [3.63, 3.8) is 0 Å². The highest BCUT2D eigenvalue weighted by Gasteiger charge is 2.14. The SMILES string of the molecule is [2H]C([2H])n1c(=O)n(CCCCC(C)O)c(=O)c2c1ncn2C([2H])([2H])[2H]. The van der Waals surface area contributed by atoms with E-state index in [-0.39, 0.29) is 17.7 Å². The first kappa shape index (κ1) is 9.12. The van der Waals surface area contributed by atoms with E-state index in [1.807, 2.05) is 0 Å². The molecule has 0 fully saturated rings. The molecule has 0 bridgehead atoms. The van der Waals surface area contributed by atoms with E-state index in [4.69, 9.17) is 6.85 Å². The number of nitrogens with zero attached hydrogens (tertiary/aromatic N) is 4. The maximum Gasteiger partial charge on any atom is 0.332 e. The van der Waals surface area contributed by atoms with Crippen LogP contribution in [0.25, 0.3) is 11.2 Å². The molecule has 0 saturated heterocycles. The van der Waals surface area contributed by atoms with Gasteiger partial charge in [-0.05, 0) is 26.2 Å². The van der Waals surface area contributed by atoms with Crippen molar-refractivity contribution >= 4 is 11.2 Å². The first-order valence-corrected chi connectivity index (χ1v) is 6.31. The quantitative estimate of drug-likeness (QED) is 0.783. The average Bonchev–Trinajstić information content (AvgIpc) is 2.90. The minimum absolute atomic E-state index is 0.000767. The molecule has 20 heavy (non-hydrogen) atoms. The summed E-state index contributed by atoms with van der Waals surface area (Å²) in [6.07, 6.45) is 1.88. The first-order valence-electron chi connectivity index (χ1n) is 8.96. The predicted octanol–water partition coefficient (Wildman–Crippen LogP) is -0.0152. The minimum atomic E-state index is -2.68. The predicted molar refractivity (Wildman–Crippen MR) is 75.7 cm³/mol.